The predicted octanol–water partition coefficient (Wildman–Crippen LogP) is 3.72. The topological polar surface area (TPSA) is 52.9 Å². The molecule has 29 heavy (non-hydrogen) atoms. The zero-order valence-corrected chi connectivity index (χ0v) is 16.4. The minimum absolute atomic E-state index is 0.442. The third kappa shape index (κ3) is 4.67. The van der Waals surface area contributed by atoms with Gasteiger partial charge in [-0.05, 0) is 35.2 Å². The molecule has 0 aliphatic carbocycles. The van der Waals surface area contributed by atoms with Crippen LogP contribution >= 0.6 is 0 Å². The number of aliphatic hydroxyl groups excluding tert-OH is 1. The Bertz CT molecular complexity index is 898. The van der Waals surface area contributed by atoms with E-state index >= 15 is 0 Å². The van der Waals surface area contributed by atoms with Crippen molar-refractivity contribution < 1.29 is 14.9 Å². The van der Waals surface area contributed by atoms with Crippen molar-refractivity contribution in [1.82, 2.24) is 4.90 Å². The highest BCUT2D eigenvalue weighted by atomic mass is 16.5. The summed E-state index contributed by atoms with van der Waals surface area (Å²) in [5.74, 6) is 0.747. The molecule has 2 N–H and O–H groups in total. The van der Waals surface area contributed by atoms with Gasteiger partial charge in [-0.15, -0.1) is 0 Å². The van der Waals surface area contributed by atoms with E-state index in [-0.39, 0.29) is 0 Å². The Morgan fingerprint density at radius 3 is 2.10 bits per heavy atom. The first kappa shape index (κ1) is 19.6. The third-order valence-corrected chi connectivity index (χ3v) is 5.64. The fourth-order valence-corrected chi connectivity index (χ4v) is 3.88. The first-order valence-corrected chi connectivity index (χ1v) is 10.1. The number of likely N-dealkylation sites (tertiary alicyclic amines) is 1. The Morgan fingerprint density at radius 2 is 1.48 bits per heavy atom. The molecule has 1 aliphatic rings. The first-order valence-electron chi connectivity index (χ1n) is 10.1. The van der Waals surface area contributed by atoms with Crippen LogP contribution in [0.3, 0.4) is 0 Å². The highest BCUT2D eigenvalue weighted by Crippen LogP contribution is 2.34. The van der Waals surface area contributed by atoms with Crippen LogP contribution in [0.25, 0.3) is 0 Å². The number of rotatable bonds is 6. The van der Waals surface area contributed by atoms with Crippen molar-refractivity contribution in [3.63, 3.8) is 0 Å². The molecular formula is C25H27NO3. The van der Waals surface area contributed by atoms with Crippen LogP contribution in [0.2, 0.25) is 0 Å². The molecule has 0 bridgehead atoms. The summed E-state index contributed by atoms with van der Waals surface area (Å²) in [7, 11) is 0. The molecular weight excluding hydrogens is 362 g/mol. The molecule has 4 heteroatoms. The lowest BCUT2D eigenvalue weighted by Gasteiger charge is -2.42. The number of piperidine rings is 1. The quantitative estimate of drug-likeness (QED) is 0.675. The number of hydrogen-bond donors (Lipinski definition) is 2. The maximum absolute atomic E-state index is 11.2. The van der Waals surface area contributed by atoms with E-state index in [2.05, 4.69) is 17.0 Å². The van der Waals surface area contributed by atoms with Crippen LogP contribution in [0.15, 0.2) is 84.9 Å². The van der Waals surface area contributed by atoms with Gasteiger partial charge < -0.3 is 14.9 Å². The zero-order valence-electron chi connectivity index (χ0n) is 16.4. The number of aliphatic hydroxyl groups is 2. The summed E-state index contributed by atoms with van der Waals surface area (Å²) in [4.78, 5) is 2.19. The second-order valence-corrected chi connectivity index (χ2v) is 7.71. The van der Waals surface area contributed by atoms with E-state index in [4.69, 9.17) is 4.74 Å². The molecule has 4 nitrogen and oxygen atoms in total. The molecule has 1 fully saturated rings. The monoisotopic (exact) mass is 389 g/mol. The maximum atomic E-state index is 11.2. The van der Waals surface area contributed by atoms with Gasteiger partial charge in [-0.1, -0.05) is 72.8 Å². The van der Waals surface area contributed by atoms with Gasteiger partial charge in [0, 0.05) is 19.6 Å². The van der Waals surface area contributed by atoms with Crippen molar-refractivity contribution in [2.45, 2.75) is 31.3 Å². The molecule has 0 unspecified atom stereocenters. The van der Waals surface area contributed by atoms with Crippen molar-refractivity contribution in [1.29, 1.82) is 0 Å². The van der Waals surface area contributed by atoms with Crippen molar-refractivity contribution in [3.8, 4) is 5.75 Å². The Kier molecular flexibility index (Phi) is 5.95. The van der Waals surface area contributed by atoms with Crippen molar-refractivity contribution >= 4 is 0 Å². The maximum Gasteiger partial charge on any atom is 0.119 e. The minimum Gasteiger partial charge on any atom is -0.489 e. The number of ether oxygens (including phenoxy) is 1. The molecule has 3 aromatic carbocycles. The highest BCUT2D eigenvalue weighted by Gasteiger charge is 2.41. The van der Waals surface area contributed by atoms with Gasteiger partial charge in [0.25, 0.3) is 0 Å². The summed E-state index contributed by atoms with van der Waals surface area (Å²) in [6.45, 7) is 2.45. The fraction of sp³-hybridized carbons (Fsp3) is 0.280. The third-order valence-electron chi connectivity index (χ3n) is 5.64. The van der Waals surface area contributed by atoms with E-state index in [0.717, 1.165) is 30.0 Å². The van der Waals surface area contributed by atoms with E-state index in [1.165, 1.54) is 5.56 Å². The molecule has 2 atom stereocenters. The van der Waals surface area contributed by atoms with Crippen molar-refractivity contribution in [3.05, 3.63) is 102 Å². The van der Waals surface area contributed by atoms with Gasteiger partial charge in [0.05, 0.1) is 6.10 Å². The minimum atomic E-state index is -1.23. The number of benzene rings is 3. The van der Waals surface area contributed by atoms with Crippen LogP contribution in [0, 0.1) is 0 Å². The van der Waals surface area contributed by atoms with E-state index < -0.39 is 11.7 Å². The fourth-order valence-electron chi connectivity index (χ4n) is 3.88. The lowest BCUT2D eigenvalue weighted by atomic mass is 9.82. The average molecular weight is 389 g/mol. The van der Waals surface area contributed by atoms with Crippen LogP contribution in [0.4, 0.5) is 0 Å². The summed E-state index contributed by atoms with van der Waals surface area (Å²) in [5.41, 5.74) is 1.82. The molecule has 0 spiro atoms. The lowest BCUT2D eigenvalue weighted by Crippen LogP contribution is -2.53. The Hall–Kier alpha value is -2.66. The zero-order chi connectivity index (χ0) is 20.1. The number of nitrogens with zero attached hydrogens (tertiary/aromatic N) is 1. The molecule has 4 rings (SSSR count). The van der Waals surface area contributed by atoms with E-state index in [0.29, 0.717) is 19.6 Å². The summed E-state index contributed by atoms with van der Waals surface area (Å²) in [6, 6.07) is 27.7. The molecule has 1 heterocycles. The number of hydrogen-bond acceptors (Lipinski definition) is 4. The normalized spacial score (nSPS) is 22.3. The average Bonchev–Trinajstić information content (AvgIpc) is 2.77. The lowest BCUT2D eigenvalue weighted by molar-refractivity contribution is -0.126. The van der Waals surface area contributed by atoms with Crippen LogP contribution < -0.4 is 4.74 Å². The molecule has 0 amide bonds. The molecule has 0 radical (unpaired) electrons. The van der Waals surface area contributed by atoms with Crippen molar-refractivity contribution in [2.24, 2.45) is 0 Å². The van der Waals surface area contributed by atoms with E-state index in [1.807, 2.05) is 72.8 Å². The second-order valence-electron chi connectivity index (χ2n) is 7.71. The van der Waals surface area contributed by atoms with Gasteiger partial charge in [-0.2, -0.15) is 0 Å². The highest BCUT2D eigenvalue weighted by molar-refractivity contribution is 5.32. The van der Waals surface area contributed by atoms with Gasteiger partial charge in [-0.3, -0.25) is 4.90 Å². The van der Waals surface area contributed by atoms with Crippen molar-refractivity contribution in [2.75, 3.05) is 13.1 Å². The Labute approximate surface area is 172 Å². The molecule has 150 valence electrons. The van der Waals surface area contributed by atoms with Gasteiger partial charge >= 0.3 is 0 Å². The summed E-state index contributed by atoms with van der Waals surface area (Å²) < 4.78 is 5.83. The molecule has 0 saturated carbocycles. The van der Waals surface area contributed by atoms with Gasteiger partial charge in [0.15, 0.2) is 0 Å². The summed E-state index contributed by atoms with van der Waals surface area (Å²) >= 11 is 0. The van der Waals surface area contributed by atoms with Crippen LogP contribution in [0.5, 0.6) is 5.75 Å². The summed E-state index contributed by atoms with van der Waals surface area (Å²) in [6.07, 6.45) is -0.346. The molecule has 1 saturated heterocycles. The van der Waals surface area contributed by atoms with Gasteiger partial charge in [-0.25, -0.2) is 0 Å². The largest absolute Gasteiger partial charge is 0.489 e. The summed E-state index contributed by atoms with van der Waals surface area (Å²) in [5, 5.41) is 21.9. The van der Waals surface area contributed by atoms with Crippen LogP contribution in [0.1, 0.15) is 23.1 Å². The number of β-amino-alcohol motifs (C(OH)–C–C–N with tert-alkyl or cyclic N) is 1. The molecule has 0 aromatic heterocycles. The smallest absolute Gasteiger partial charge is 0.119 e. The van der Waals surface area contributed by atoms with E-state index in [1.54, 1.807) is 0 Å². The molecule has 1 aliphatic heterocycles. The van der Waals surface area contributed by atoms with Gasteiger partial charge in [0.2, 0.25) is 0 Å². The van der Waals surface area contributed by atoms with Crippen LogP contribution in [-0.4, -0.2) is 34.3 Å². The Morgan fingerprint density at radius 1 is 0.862 bits per heavy atom. The molecule has 3 aromatic rings. The van der Waals surface area contributed by atoms with Gasteiger partial charge in [0.1, 0.15) is 18.0 Å². The predicted molar refractivity (Wildman–Crippen MR) is 113 cm³/mol. The first-order chi connectivity index (χ1) is 14.1. The van der Waals surface area contributed by atoms with Crippen LogP contribution in [-0.2, 0) is 18.8 Å². The van der Waals surface area contributed by atoms with E-state index in [9.17, 15) is 10.2 Å². The second kappa shape index (κ2) is 8.78. The SMILES string of the molecule is O[C@@H]1CN(Cc2ccccc2)CC[C@@]1(O)c1ccc(OCc2ccccc2)cc1. The Balaban J connectivity index is 1.37. The standard InChI is InChI=1S/C25H27NO3/c27-24-18-26(17-20-7-3-1-4-8-20)16-15-25(24,28)22-11-13-23(14-12-22)29-19-21-9-5-2-6-10-21/h1-14,24,27-28H,15-19H2/t24-,25-/m1/s1.